The third kappa shape index (κ3) is 2.71. The standard InChI is InChI=1S/C12H23NO/c14-12(10-5-1-2-6-10)9-11-7-3-4-8-13-11/h10-14H,1-9H2. The molecular formula is C12H23NO. The number of nitrogens with one attached hydrogen (secondary N) is 1. The molecule has 82 valence electrons. The molecule has 1 aliphatic carbocycles. The number of hydrogen-bond donors (Lipinski definition) is 2. The summed E-state index contributed by atoms with van der Waals surface area (Å²) in [6.07, 6.45) is 10.1. The number of rotatable bonds is 3. The minimum Gasteiger partial charge on any atom is -0.393 e. The fourth-order valence-corrected chi connectivity index (χ4v) is 2.95. The van der Waals surface area contributed by atoms with Crippen LogP contribution in [-0.2, 0) is 0 Å². The van der Waals surface area contributed by atoms with Gasteiger partial charge in [-0.05, 0) is 44.6 Å². The highest BCUT2D eigenvalue weighted by Gasteiger charge is 2.26. The molecule has 0 radical (unpaired) electrons. The molecule has 1 aliphatic heterocycles. The van der Waals surface area contributed by atoms with Crippen molar-refractivity contribution >= 4 is 0 Å². The summed E-state index contributed by atoms with van der Waals surface area (Å²) in [5.41, 5.74) is 0. The number of hydrogen-bond acceptors (Lipinski definition) is 2. The van der Waals surface area contributed by atoms with Crippen molar-refractivity contribution in [2.75, 3.05) is 6.54 Å². The van der Waals surface area contributed by atoms with Gasteiger partial charge in [0.1, 0.15) is 0 Å². The molecular weight excluding hydrogens is 174 g/mol. The SMILES string of the molecule is OC(CC1CCCCN1)C1CCCC1. The number of aliphatic hydroxyl groups is 1. The van der Waals surface area contributed by atoms with E-state index in [9.17, 15) is 5.11 Å². The average molecular weight is 197 g/mol. The Morgan fingerprint density at radius 1 is 1.07 bits per heavy atom. The topological polar surface area (TPSA) is 32.3 Å². The van der Waals surface area contributed by atoms with E-state index in [1.165, 1.54) is 44.9 Å². The molecule has 2 nitrogen and oxygen atoms in total. The highest BCUT2D eigenvalue weighted by atomic mass is 16.3. The van der Waals surface area contributed by atoms with Gasteiger partial charge in [-0.1, -0.05) is 19.3 Å². The Hall–Kier alpha value is -0.0800. The zero-order chi connectivity index (χ0) is 9.80. The monoisotopic (exact) mass is 197 g/mol. The molecule has 0 aromatic heterocycles. The van der Waals surface area contributed by atoms with Crippen molar-refractivity contribution in [2.24, 2.45) is 5.92 Å². The van der Waals surface area contributed by atoms with Crippen LogP contribution < -0.4 is 5.32 Å². The van der Waals surface area contributed by atoms with Gasteiger partial charge >= 0.3 is 0 Å². The predicted octanol–water partition coefficient (Wildman–Crippen LogP) is 2.07. The molecule has 0 amide bonds. The van der Waals surface area contributed by atoms with Crippen molar-refractivity contribution in [3.05, 3.63) is 0 Å². The Morgan fingerprint density at radius 2 is 1.79 bits per heavy atom. The summed E-state index contributed by atoms with van der Waals surface area (Å²) in [4.78, 5) is 0. The smallest absolute Gasteiger partial charge is 0.0583 e. The van der Waals surface area contributed by atoms with E-state index < -0.39 is 0 Å². The largest absolute Gasteiger partial charge is 0.393 e. The van der Waals surface area contributed by atoms with Gasteiger partial charge in [0.2, 0.25) is 0 Å². The van der Waals surface area contributed by atoms with Gasteiger partial charge in [0, 0.05) is 6.04 Å². The molecule has 14 heavy (non-hydrogen) atoms. The summed E-state index contributed by atoms with van der Waals surface area (Å²) < 4.78 is 0. The van der Waals surface area contributed by atoms with E-state index >= 15 is 0 Å². The van der Waals surface area contributed by atoms with E-state index in [1.54, 1.807) is 0 Å². The lowest BCUT2D eigenvalue weighted by Gasteiger charge is -2.27. The van der Waals surface area contributed by atoms with Crippen LogP contribution in [0.25, 0.3) is 0 Å². The zero-order valence-electron chi connectivity index (χ0n) is 9.04. The fourth-order valence-electron chi connectivity index (χ4n) is 2.95. The zero-order valence-corrected chi connectivity index (χ0v) is 9.04. The lowest BCUT2D eigenvalue weighted by Crippen LogP contribution is -2.38. The summed E-state index contributed by atoms with van der Waals surface area (Å²) in [6.45, 7) is 1.15. The molecule has 0 aromatic carbocycles. The highest BCUT2D eigenvalue weighted by Crippen LogP contribution is 2.30. The first kappa shape index (κ1) is 10.4. The Bertz CT molecular complexity index is 160. The lowest BCUT2D eigenvalue weighted by atomic mass is 9.91. The van der Waals surface area contributed by atoms with Gasteiger partial charge in [-0.25, -0.2) is 0 Å². The van der Waals surface area contributed by atoms with Gasteiger partial charge in [-0.3, -0.25) is 0 Å². The summed E-state index contributed by atoms with van der Waals surface area (Å²) in [5.74, 6) is 0.610. The molecule has 2 atom stereocenters. The van der Waals surface area contributed by atoms with Crippen LogP contribution in [0.5, 0.6) is 0 Å². The quantitative estimate of drug-likeness (QED) is 0.726. The van der Waals surface area contributed by atoms with Crippen molar-refractivity contribution in [3.63, 3.8) is 0 Å². The molecule has 1 saturated carbocycles. The third-order valence-electron chi connectivity index (χ3n) is 3.88. The van der Waals surface area contributed by atoms with Gasteiger partial charge in [0.25, 0.3) is 0 Å². The van der Waals surface area contributed by atoms with Gasteiger partial charge in [-0.15, -0.1) is 0 Å². The molecule has 0 spiro atoms. The van der Waals surface area contributed by atoms with Crippen molar-refractivity contribution in [1.82, 2.24) is 5.32 Å². The van der Waals surface area contributed by atoms with Gasteiger partial charge in [0.05, 0.1) is 6.10 Å². The number of piperidine rings is 1. The Kier molecular flexibility index (Phi) is 3.82. The van der Waals surface area contributed by atoms with Crippen LogP contribution in [0.3, 0.4) is 0 Å². The maximum absolute atomic E-state index is 10.1. The average Bonchev–Trinajstić information content (AvgIpc) is 2.72. The summed E-state index contributed by atoms with van der Waals surface area (Å²) in [6, 6.07) is 0.597. The molecule has 2 rings (SSSR count). The molecule has 0 bridgehead atoms. The maximum Gasteiger partial charge on any atom is 0.0583 e. The fraction of sp³-hybridized carbons (Fsp3) is 1.00. The van der Waals surface area contributed by atoms with E-state index in [4.69, 9.17) is 0 Å². The second kappa shape index (κ2) is 5.13. The molecule has 2 unspecified atom stereocenters. The van der Waals surface area contributed by atoms with Gasteiger partial charge in [0.15, 0.2) is 0 Å². The van der Waals surface area contributed by atoms with Crippen LogP contribution >= 0.6 is 0 Å². The van der Waals surface area contributed by atoms with E-state index in [0.29, 0.717) is 12.0 Å². The van der Waals surface area contributed by atoms with Crippen molar-refractivity contribution in [2.45, 2.75) is 63.5 Å². The summed E-state index contributed by atoms with van der Waals surface area (Å²) >= 11 is 0. The Balaban J connectivity index is 1.72. The molecule has 2 aliphatic rings. The van der Waals surface area contributed by atoms with E-state index in [-0.39, 0.29) is 6.10 Å². The first-order valence-corrected chi connectivity index (χ1v) is 6.28. The number of aliphatic hydroxyl groups excluding tert-OH is 1. The first-order valence-electron chi connectivity index (χ1n) is 6.28. The minimum absolute atomic E-state index is 0.0342. The van der Waals surface area contributed by atoms with Crippen LogP contribution in [-0.4, -0.2) is 23.8 Å². The maximum atomic E-state index is 10.1. The predicted molar refractivity (Wildman–Crippen MR) is 58.2 cm³/mol. The van der Waals surface area contributed by atoms with Crippen LogP contribution in [0, 0.1) is 5.92 Å². The lowest BCUT2D eigenvalue weighted by molar-refractivity contribution is 0.0864. The minimum atomic E-state index is -0.0342. The second-order valence-corrected chi connectivity index (χ2v) is 4.99. The van der Waals surface area contributed by atoms with Crippen molar-refractivity contribution in [1.29, 1.82) is 0 Å². The van der Waals surface area contributed by atoms with Crippen LogP contribution in [0.4, 0.5) is 0 Å². The van der Waals surface area contributed by atoms with E-state index in [0.717, 1.165) is 13.0 Å². The summed E-state index contributed by atoms with van der Waals surface area (Å²) in [5, 5.41) is 13.6. The van der Waals surface area contributed by atoms with E-state index in [2.05, 4.69) is 5.32 Å². The van der Waals surface area contributed by atoms with Gasteiger partial charge < -0.3 is 10.4 Å². The molecule has 2 N–H and O–H groups in total. The Labute approximate surface area is 87.1 Å². The highest BCUT2D eigenvalue weighted by molar-refractivity contribution is 4.81. The van der Waals surface area contributed by atoms with E-state index in [1.807, 2.05) is 0 Å². The first-order chi connectivity index (χ1) is 6.86. The normalized spacial score (nSPS) is 31.9. The molecule has 1 saturated heterocycles. The molecule has 2 fully saturated rings. The van der Waals surface area contributed by atoms with Crippen LogP contribution in [0.2, 0.25) is 0 Å². The van der Waals surface area contributed by atoms with Crippen LogP contribution in [0.15, 0.2) is 0 Å². The molecule has 1 heterocycles. The van der Waals surface area contributed by atoms with Crippen molar-refractivity contribution < 1.29 is 5.11 Å². The Morgan fingerprint density at radius 3 is 2.43 bits per heavy atom. The summed E-state index contributed by atoms with van der Waals surface area (Å²) in [7, 11) is 0. The molecule has 0 aromatic rings. The van der Waals surface area contributed by atoms with Crippen LogP contribution in [0.1, 0.15) is 51.4 Å². The third-order valence-corrected chi connectivity index (χ3v) is 3.88. The van der Waals surface area contributed by atoms with Gasteiger partial charge in [-0.2, -0.15) is 0 Å². The second-order valence-electron chi connectivity index (χ2n) is 4.99. The van der Waals surface area contributed by atoms with Crippen molar-refractivity contribution in [3.8, 4) is 0 Å². The molecule has 2 heteroatoms.